The standard InChI is InChI=1S/C20H18BrCl2N7O4/c1-10-8-14(23)25-16(19(32)28(2)29(3)20(33)34-4)15(10)26-18(31)12-9-13(21)27-30(12)17-11(22)6-5-7-24-17/h5-9H,1-4H3,(H,26,31). The first kappa shape index (κ1) is 25.4. The molecule has 0 aliphatic heterocycles. The number of methoxy groups -OCH3 is 1. The van der Waals surface area contributed by atoms with Gasteiger partial charge in [0.1, 0.15) is 15.5 Å². The van der Waals surface area contributed by atoms with E-state index in [2.05, 4.69) is 41.1 Å². The van der Waals surface area contributed by atoms with Gasteiger partial charge >= 0.3 is 6.09 Å². The summed E-state index contributed by atoms with van der Waals surface area (Å²) in [5.41, 5.74) is 0.463. The van der Waals surface area contributed by atoms with E-state index in [1.54, 1.807) is 19.1 Å². The van der Waals surface area contributed by atoms with Crippen molar-refractivity contribution in [2.45, 2.75) is 6.92 Å². The molecule has 0 aliphatic carbocycles. The molecule has 3 amide bonds. The third-order valence-electron chi connectivity index (χ3n) is 4.66. The predicted octanol–water partition coefficient (Wildman–Crippen LogP) is 3.98. The third kappa shape index (κ3) is 5.13. The van der Waals surface area contributed by atoms with E-state index in [9.17, 15) is 14.4 Å². The fourth-order valence-electron chi connectivity index (χ4n) is 2.88. The van der Waals surface area contributed by atoms with E-state index in [1.807, 2.05) is 0 Å². The van der Waals surface area contributed by atoms with Gasteiger partial charge in [0.2, 0.25) is 0 Å². The molecule has 178 valence electrons. The van der Waals surface area contributed by atoms with Crippen molar-refractivity contribution in [1.82, 2.24) is 29.8 Å². The van der Waals surface area contributed by atoms with Crippen molar-refractivity contribution in [3.8, 4) is 5.82 Å². The molecule has 0 saturated carbocycles. The number of carbonyl (C=O) groups is 3. The first-order valence-corrected chi connectivity index (χ1v) is 11.0. The Bertz CT molecular complexity index is 1280. The molecule has 0 aliphatic rings. The molecule has 0 saturated heterocycles. The Balaban J connectivity index is 2.02. The minimum Gasteiger partial charge on any atom is -0.452 e. The molecule has 3 aromatic heterocycles. The summed E-state index contributed by atoms with van der Waals surface area (Å²) in [6, 6.07) is 6.21. The summed E-state index contributed by atoms with van der Waals surface area (Å²) in [6.45, 7) is 1.65. The SMILES string of the molecule is COC(=O)N(C)N(C)C(=O)c1nc(Cl)cc(C)c1NC(=O)c1cc(Br)nn1-c1ncccc1Cl. The first-order valence-electron chi connectivity index (χ1n) is 9.49. The topological polar surface area (TPSA) is 123 Å². The first-order chi connectivity index (χ1) is 16.0. The number of carbonyl (C=O) groups excluding carboxylic acids is 3. The van der Waals surface area contributed by atoms with E-state index in [4.69, 9.17) is 23.2 Å². The van der Waals surface area contributed by atoms with Crippen molar-refractivity contribution in [2.75, 3.05) is 26.5 Å². The second kappa shape index (κ2) is 10.4. The maximum absolute atomic E-state index is 13.3. The molecular formula is C20H18BrCl2N7O4. The molecule has 0 bridgehead atoms. The van der Waals surface area contributed by atoms with Crippen LogP contribution in [0, 0.1) is 6.92 Å². The number of nitrogens with zero attached hydrogens (tertiary/aromatic N) is 6. The summed E-state index contributed by atoms with van der Waals surface area (Å²) in [6.07, 6.45) is 0.733. The van der Waals surface area contributed by atoms with Gasteiger partial charge in [-0.3, -0.25) is 9.59 Å². The molecular weight excluding hydrogens is 553 g/mol. The van der Waals surface area contributed by atoms with Crippen molar-refractivity contribution in [2.24, 2.45) is 0 Å². The Morgan fingerprint density at radius 2 is 1.88 bits per heavy atom. The second-order valence-corrected chi connectivity index (χ2v) is 8.44. The largest absolute Gasteiger partial charge is 0.452 e. The van der Waals surface area contributed by atoms with Gasteiger partial charge < -0.3 is 10.1 Å². The van der Waals surface area contributed by atoms with Crippen molar-refractivity contribution < 1.29 is 19.1 Å². The Hall–Kier alpha value is -3.22. The van der Waals surface area contributed by atoms with Crippen LogP contribution in [-0.2, 0) is 4.74 Å². The highest BCUT2D eigenvalue weighted by Crippen LogP contribution is 2.26. The number of rotatable bonds is 4. The molecule has 0 aromatic carbocycles. The van der Waals surface area contributed by atoms with Crippen LogP contribution in [-0.4, -0.2) is 68.9 Å². The summed E-state index contributed by atoms with van der Waals surface area (Å²) >= 11 is 15.6. The predicted molar refractivity (Wildman–Crippen MR) is 128 cm³/mol. The molecule has 34 heavy (non-hydrogen) atoms. The average molecular weight is 571 g/mol. The van der Waals surface area contributed by atoms with Crippen LogP contribution in [0.25, 0.3) is 5.82 Å². The maximum atomic E-state index is 13.3. The lowest BCUT2D eigenvalue weighted by molar-refractivity contribution is 0.0189. The fraction of sp³-hybridized carbons (Fsp3) is 0.200. The molecule has 14 heteroatoms. The lowest BCUT2D eigenvalue weighted by Crippen LogP contribution is -2.45. The van der Waals surface area contributed by atoms with Crippen LogP contribution in [0.4, 0.5) is 10.5 Å². The van der Waals surface area contributed by atoms with Crippen molar-refractivity contribution in [1.29, 1.82) is 0 Å². The zero-order valence-electron chi connectivity index (χ0n) is 18.3. The Kier molecular flexibility index (Phi) is 7.75. The van der Waals surface area contributed by atoms with Gasteiger partial charge in [0, 0.05) is 26.4 Å². The molecule has 0 unspecified atom stereocenters. The number of anilines is 1. The van der Waals surface area contributed by atoms with Crippen LogP contribution < -0.4 is 5.32 Å². The van der Waals surface area contributed by atoms with Crippen LogP contribution >= 0.6 is 39.1 Å². The Labute approximate surface area is 212 Å². The number of hydrazine groups is 1. The molecule has 11 nitrogen and oxygen atoms in total. The van der Waals surface area contributed by atoms with E-state index in [1.165, 1.54) is 44.2 Å². The molecule has 0 fully saturated rings. The monoisotopic (exact) mass is 569 g/mol. The van der Waals surface area contributed by atoms with E-state index in [-0.39, 0.29) is 33.1 Å². The fourth-order valence-corrected chi connectivity index (χ4v) is 3.70. The van der Waals surface area contributed by atoms with Gasteiger partial charge in [0.05, 0.1) is 17.8 Å². The van der Waals surface area contributed by atoms with Gasteiger partial charge in [0.25, 0.3) is 11.8 Å². The quantitative estimate of drug-likeness (QED) is 0.372. The Morgan fingerprint density at radius 1 is 1.18 bits per heavy atom. The number of halogens is 3. The zero-order valence-corrected chi connectivity index (χ0v) is 21.4. The van der Waals surface area contributed by atoms with Crippen molar-refractivity contribution in [3.05, 3.63) is 62.2 Å². The highest BCUT2D eigenvalue weighted by Gasteiger charge is 2.27. The van der Waals surface area contributed by atoms with Crippen molar-refractivity contribution >= 4 is 62.7 Å². The average Bonchev–Trinajstić information content (AvgIpc) is 3.20. The molecule has 0 spiro atoms. The zero-order chi connectivity index (χ0) is 25.2. The smallest absolute Gasteiger partial charge is 0.428 e. The van der Waals surface area contributed by atoms with E-state index >= 15 is 0 Å². The van der Waals surface area contributed by atoms with E-state index in [0.717, 1.165) is 10.0 Å². The van der Waals surface area contributed by atoms with E-state index in [0.29, 0.717) is 10.2 Å². The van der Waals surface area contributed by atoms with Crippen LogP contribution in [0.15, 0.2) is 35.1 Å². The number of hydrogen-bond acceptors (Lipinski definition) is 7. The highest BCUT2D eigenvalue weighted by atomic mass is 79.9. The van der Waals surface area contributed by atoms with Gasteiger partial charge in [-0.1, -0.05) is 23.2 Å². The van der Waals surface area contributed by atoms with Crippen LogP contribution in [0.1, 0.15) is 26.5 Å². The third-order valence-corrected chi connectivity index (χ3v) is 5.54. The normalized spacial score (nSPS) is 10.6. The molecule has 3 aromatic rings. The van der Waals surface area contributed by atoms with E-state index < -0.39 is 17.9 Å². The second-order valence-electron chi connectivity index (χ2n) is 6.83. The summed E-state index contributed by atoms with van der Waals surface area (Å²) in [7, 11) is 3.86. The summed E-state index contributed by atoms with van der Waals surface area (Å²) in [5, 5.41) is 9.15. The highest BCUT2D eigenvalue weighted by molar-refractivity contribution is 9.10. The lowest BCUT2D eigenvalue weighted by atomic mass is 10.1. The number of nitrogens with one attached hydrogen (secondary N) is 1. The lowest BCUT2D eigenvalue weighted by Gasteiger charge is -2.27. The summed E-state index contributed by atoms with van der Waals surface area (Å²) in [4.78, 5) is 46.5. The van der Waals surface area contributed by atoms with Gasteiger partial charge in [-0.2, -0.15) is 5.10 Å². The van der Waals surface area contributed by atoms with Crippen LogP contribution in [0.2, 0.25) is 10.2 Å². The van der Waals surface area contributed by atoms with Gasteiger partial charge in [-0.05, 0) is 46.6 Å². The van der Waals surface area contributed by atoms with Crippen LogP contribution in [0.3, 0.4) is 0 Å². The van der Waals surface area contributed by atoms with Gasteiger partial charge in [0.15, 0.2) is 11.5 Å². The van der Waals surface area contributed by atoms with Crippen molar-refractivity contribution in [3.63, 3.8) is 0 Å². The van der Waals surface area contributed by atoms with Crippen LogP contribution in [0.5, 0.6) is 0 Å². The summed E-state index contributed by atoms with van der Waals surface area (Å²) in [5.74, 6) is -1.09. The number of aromatic nitrogens is 4. The molecule has 1 N–H and O–H groups in total. The number of amides is 3. The number of ether oxygens (including phenoxy) is 1. The molecule has 0 atom stereocenters. The minimum atomic E-state index is -0.777. The van der Waals surface area contributed by atoms with Gasteiger partial charge in [-0.15, -0.1) is 0 Å². The number of pyridine rings is 2. The maximum Gasteiger partial charge on any atom is 0.428 e. The number of hydrogen-bond donors (Lipinski definition) is 1. The number of aryl methyl sites for hydroxylation is 1. The Morgan fingerprint density at radius 3 is 2.53 bits per heavy atom. The molecule has 3 heterocycles. The van der Waals surface area contributed by atoms with Gasteiger partial charge in [-0.25, -0.2) is 29.5 Å². The minimum absolute atomic E-state index is 0.0287. The summed E-state index contributed by atoms with van der Waals surface area (Å²) < 4.78 is 6.26. The molecule has 3 rings (SSSR count). The molecule has 0 radical (unpaired) electrons.